The minimum atomic E-state index is 0.839. The van der Waals surface area contributed by atoms with Gasteiger partial charge in [-0.2, -0.15) is 0 Å². The number of nitrogens with two attached hydrogens (primary N) is 1. The van der Waals surface area contributed by atoms with E-state index >= 15 is 0 Å². The fourth-order valence-corrected chi connectivity index (χ4v) is 3.38. The van der Waals surface area contributed by atoms with Gasteiger partial charge in [-0.15, -0.1) is 0 Å². The molecule has 1 aromatic carbocycles. The van der Waals surface area contributed by atoms with Crippen molar-refractivity contribution in [3.8, 4) is 0 Å². The van der Waals surface area contributed by atoms with Crippen LogP contribution in [0.3, 0.4) is 0 Å². The van der Waals surface area contributed by atoms with Gasteiger partial charge in [-0.3, -0.25) is 4.90 Å². The first-order valence-electron chi connectivity index (χ1n) is 6.67. The predicted molar refractivity (Wildman–Crippen MR) is 70.7 cm³/mol. The average Bonchev–Trinajstić information content (AvgIpc) is 2.78. The minimum Gasteiger partial charge on any atom is -0.330 e. The Bertz CT molecular complexity index is 415. The summed E-state index contributed by atoms with van der Waals surface area (Å²) < 4.78 is 0. The smallest absolute Gasteiger partial charge is 0.0234 e. The zero-order chi connectivity index (χ0) is 12.0. The molecule has 1 saturated carbocycles. The van der Waals surface area contributed by atoms with Crippen LogP contribution < -0.4 is 5.73 Å². The zero-order valence-electron chi connectivity index (χ0n) is 10.8. The summed E-state index contributed by atoms with van der Waals surface area (Å²) in [6.45, 7) is 8.91. The molecule has 1 aliphatic carbocycles. The number of nitrogens with zero attached hydrogens (tertiary/aromatic N) is 1. The fourth-order valence-electron chi connectivity index (χ4n) is 3.38. The summed E-state index contributed by atoms with van der Waals surface area (Å²) in [7, 11) is 0. The Morgan fingerprint density at radius 2 is 1.88 bits per heavy atom. The molecule has 2 N–H and O–H groups in total. The molecule has 0 amide bonds. The molecule has 3 rings (SSSR count). The summed E-state index contributed by atoms with van der Waals surface area (Å²) in [6.07, 6.45) is 0. The summed E-state index contributed by atoms with van der Waals surface area (Å²) in [5.74, 6) is 2.66. The van der Waals surface area contributed by atoms with Crippen LogP contribution in [0.25, 0.3) is 0 Å². The van der Waals surface area contributed by atoms with Gasteiger partial charge in [0.25, 0.3) is 0 Å². The number of benzene rings is 1. The minimum absolute atomic E-state index is 0.839. The van der Waals surface area contributed by atoms with E-state index in [1.54, 1.807) is 0 Å². The highest BCUT2D eigenvalue weighted by molar-refractivity contribution is 5.30. The lowest BCUT2D eigenvalue weighted by Crippen LogP contribution is -2.25. The van der Waals surface area contributed by atoms with Gasteiger partial charge in [-0.1, -0.05) is 18.2 Å². The summed E-state index contributed by atoms with van der Waals surface area (Å²) in [5.41, 5.74) is 10.00. The normalized spacial score (nSPS) is 31.6. The van der Waals surface area contributed by atoms with Crippen molar-refractivity contribution in [2.24, 2.45) is 23.5 Å². The van der Waals surface area contributed by atoms with E-state index in [1.165, 1.54) is 29.8 Å². The van der Waals surface area contributed by atoms with Gasteiger partial charge in [-0.05, 0) is 54.8 Å². The molecule has 1 aliphatic heterocycles. The Labute approximate surface area is 104 Å². The van der Waals surface area contributed by atoms with E-state index in [0.29, 0.717) is 0 Å². The van der Waals surface area contributed by atoms with Crippen LogP contribution in [0.2, 0.25) is 0 Å². The van der Waals surface area contributed by atoms with E-state index in [2.05, 4.69) is 36.9 Å². The van der Waals surface area contributed by atoms with Gasteiger partial charge in [0.1, 0.15) is 0 Å². The number of likely N-dealkylation sites (tertiary alicyclic amines) is 1. The number of hydrogen-bond acceptors (Lipinski definition) is 2. The summed E-state index contributed by atoms with van der Waals surface area (Å²) in [4.78, 5) is 2.59. The first-order chi connectivity index (χ1) is 8.19. The van der Waals surface area contributed by atoms with Crippen LogP contribution in [-0.4, -0.2) is 24.5 Å². The molecule has 0 bridgehead atoms. The highest BCUT2D eigenvalue weighted by atomic mass is 15.2. The van der Waals surface area contributed by atoms with E-state index in [4.69, 9.17) is 5.73 Å². The quantitative estimate of drug-likeness (QED) is 0.860. The van der Waals surface area contributed by atoms with Gasteiger partial charge < -0.3 is 5.73 Å². The first-order valence-corrected chi connectivity index (χ1v) is 6.67. The zero-order valence-corrected chi connectivity index (χ0v) is 10.8. The monoisotopic (exact) mass is 230 g/mol. The van der Waals surface area contributed by atoms with Crippen molar-refractivity contribution in [2.75, 3.05) is 19.6 Å². The van der Waals surface area contributed by atoms with Crippen LogP contribution in [0.15, 0.2) is 18.2 Å². The van der Waals surface area contributed by atoms with Gasteiger partial charge in [-0.25, -0.2) is 0 Å². The van der Waals surface area contributed by atoms with E-state index in [9.17, 15) is 0 Å². The molecule has 2 fully saturated rings. The molecule has 1 saturated heterocycles. The third kappa shape index (κ3) is 2.00. The topological polar surface area (TPSA) is 29.3 Å². The van der Waals surface area contributed by atoms with Gasteiger partial charge in [0.2, 0.25) is 0 Å². The van der Waals surface area contributed by atoms with Crippen LogP contribution in [0.5, 0.6) is 0 Å². The van der Waals surface area contributed by atoms with Crippen LogP contribution >= 0.6 is 0 Å². The second-order valence-electron chi connectivity index (χ2n) is 5.84. The molecule has 0 aromatic heterocycles. The molecule has 2 heteroatoms. The van der Waals surface area contributed by atoms with Gasteiger partial charge in [0.15, 0.2) is 0 Å². The maximum atomic E-state index is 5.74. The van der Waals surface area contributed by atoms with Crippen molar-refractivity contribution < 1.29 is 0 Å². The molecule has 2 nitrogen and oxygen atoms in total. The van der Waals surface area contributed by atoms with Crippen molar-refractivity contribution >= 4 is 0 Å². The molecule has 1 aromatic rings. The third-order valence-corrected chi connectivity index (χ3v) is 4.70. The Morgan fingerprint density at radius 1 is 1.18 bits per heavy atom. The number of rotatable bonds is 3. The molecular weight excluding hydrogens is 208 g/mol. The molecule has 1 heterocycles. The number of hydrogen-bond donors (Lipinski definition) is 1. The van der Waals surface area contributed by atoms with Crippen LogP contribution in [0, 0.1) is 31.6 Å². The van der Waals surface area contributed by atoms with Crippen molar-refractivity contribution in [1.82, 2.24) is 4.90 Å². The van der Waals surface area contributed by atoms with Crippen molar-refractivity contribution in [1.29, 1.82) is 0 Å². The Morgan fingerprint density at radius 3 is 2.47 bits per heavy atom. The third-order valence-electron chi connectivity index (χ3n) is 4.70. The van der Waals surface area contributed by atoms with Gasteiger partial charge >= 0.3 is 0 Å². The largest absolute Gasteiger partial charge is 0.330 e. The van der Waals surface area contributed by atoms with E-state index < -0.39 is 0 Å². The lowest BCUT2D eigenvalue weighted by molar-refractivity contribution is 0.279. The van der Waals surface area contributed by atoms with Crippen LogP contribution in [0.1, 0.15) is 16.7 Å². The molecular formula is C15H22N2. The molecule has 0 spiro atoms. The Balaban J connectivity index is 1.60. The molecule has 1 unspecified atom stereocenters. The molecule has 92 valence electrons. The highest BCUT2D eigenvalue weighted by Gasteiger charge is 2.54. The standard InChI is InChI=1S/C15H22N2/c1-10-3-4-12(5-11(10)2)7-17-8-14-13(6-16)15(14)9-17/h3-5,13-15H,6-9,16H2,1-2H3/t13?,14-,15+. The lowest BCUT2D eigenvalue weighted by atomic mass is 10.1. The van der Waals surface area contributed by atoms with E-state index in [1.807, 2.05) is 0 Å². The van der Waals surface area contributed by atoms with Crippen molar-refractivity contribution in [3.05, 3.63) is 34.9 Å². The molecule has 2 aliphatic rings. The second kappa shape index (κ2) is 4.11. The Hall–Kier alpha value is -0.860. The van der Waals surface area contributed by atoms with Crippen molar-refractivity contribution in [3.63, 3.8) is 0 Å². The van der Waals surface area contributed by atoms with Gasteiger partial charge in [0.05, 0.1) is 0 Å². The van der Waals surface area contributed by atoms with Crippen molar-refractivity contribution in [2.45, 2.75) is 20.4 Å². The summed E-state index contributed by atoms with van der Waals surface area (Å²) >= 11 is 0. The maximum absolute atomic E-state index is 5.74. The van der Waals surface area contributed by atoms with E-state index in [-0.39, 0.29) is 0 Å². The maximum Gasteiger partial charge on any atom is 0.0234 e. The summed E-state index contributed by atoms with van der Waals surface area (Å²) in [5, 5.41) is 0. The SMILES string of the molecule is Cc1ccc(CN2C[C@@H]3C(CN)[C@@H]3C2)cc1C. The van der Waals surface area contributed by atoms with Crippen LogP contribution in [-0.2, 0) is 6.54 Å². The predicted octanol–water partition coefficient (Wildman–Crippen LogP) is 1.94. The first kappa shape index (κ1) is 11.2. The number of aryl methyl sites for hydroxylation is 2. The second-order valence-corrected chi connectivity index (χ2v) is 5.84. The fraction of sp³-hybridized carbons (Fsp3) is 0.600. The van der Waals surface area contributed by atoms with Crippen LogP contribution in [0.4, 0.5) is 0 Å². The van der Waals surface area contributed by atoms with Gasteiger partial charge in [0, 0.05) is 19.6 Å². The molecule has 0 radical (unpaired) electrons. The Kier molecular flexibility index (Phi) is 2.72. The molecule has 17 heavy (non-hydrogen) atoms. The lowest BCUT2D eigenvalue weighted by Gasteiger charge is -2.19. The number of piperidine rings is 1. The highest BCUT2D eigenvalue weighted by Crippen LogP contribution is 2.51. The number of fused-ring (bicyclic) bond motifs is 1. The summed E-state index contributed by atoms with van der Waals surface area (Å²) in [6, 6.07) is 6.84. The molecule has 3 atom stereocenters. The van der Waals surface area contributed by atoms with E-state index in [0.717, 1.165) is 30.8 Å². The average molecular weight is 230 g/mol.